The lowest BCUT2D eigenvalue weighted by molar-refractivity contribution is 0.0641. The van der Waals surface area contributed by atoms with Gasteiger partial charge in [-0.25, -0.2) is 0 Å². The number of carbonyl (C=O) groups excluding carboxylic acids is 2. The van der Waals surface area contributed by atoms with Gasteiger partial charge in [0, 0.05) is 21.9 Å². The monoisotopic (exact) mass is 708 g/mol. The molecule has 51 heavy (non-hydrogen) atoms. The van der Waals surface area contributed by atoms with Crippen molar-refractivity contribution < 1.29 is 14.0 Å². The van der Waals surface area contributed by atoms with Gasteiger partial charge in [-0.3, -0.25) is 14.5 Å². The van der Waals surface area contributed by atoms with Gasteiger partial charge in [0.05, 0.1) is 29.0 Å². The molecule has 2 aliphatic heterocycles. The lowest BCUT2D eigenvalue weighted by Crippen LogP contribution is -2.37. The number of carbonyl (C=O) groups is 2. The SMILES string of the molecule is CCCCCCN1c2cccc(CN3C(=O)c4ccccc4C3=O)c2Sc2c1cccc2C(O[Si]C(C)(C)C)(c1ccccc1)c1ccccc1. The van der Waals surface area contributed by atoms with Gasteiger partial charge in [0.2, 0.25) is 9.76 Å². The Morgan fingerprint density at radius 2 is 1.20 bits per heavy atom. The second-order valence-corrected chi connectivity index (χ2v) is 17.3. The average Bonchev–Trinajstić information content (AvgIpc) is 3.38. The van der Waals surface area contributed by atoms with Crippen molar-refractivity contribution in [3.05, 3.63) is 155 Å². The fourth-order valence-corrected chi connectivity index (χ4v) is 9.26. The maximum Gasteiger partial charge on any atom is 0.261 e. The van der Waals surface area contributed by atoms with Gasteiger partial charge in [0.1, 0.15) is 5.60 Å². The molecule has 7 heteroatoms. The van der Waals surface area contributed by atoms with E-state index < -0.39 is 5.60 Å². The van der Waals surface area contributed by atoms with Gasteiger partial charge in [-0.05, 0) is 52.4 Å². The third-order valence-electron chi connectivity index (χ3n) is 9.55. The van der Waals surface area contributed by atoms with E-state index in [1.807, 2.05) is 12.1 Å². The molecular formula is C44H44N2O3SSi. The van der Waals surface area contributed by atoms with Crippen LogP contribution in [-0.2, 0) is 16.6 Å². The number of benzene rings is 5. The highest BCUT2D eigenvalue weighted by molar-refractivity contribution is 7.99. The fraction of sp³-hybridized carbons (Fsp3) is 0.273. The van der Waals surface area contributed by atoms with Crippen LogP contribution in [0.5, 0.6) is 0 Å². The van der Waals surface area contributed by atoms with Crippen molar-refractivity contribution in [2.24, 2.45) is 0 Å². The summed E-state index contributed by atoms with van der Waals surface area (Å²) < 4.78 is 7.35. The van der Waals surface area contributed by atoms with Crippen LogP contribution >= 0.6 is 11.8 Å². The van der Waals surface area contributed by atoms with Crippen LogP contribution in [-0.4, -0.2) is 33.0 Å². The first kappa shape index (κ1) is 35.0. The standard InChI is InChI=1S/C44H44N2O3SSi/c1-5-6-7-16-29-45-37-27-17-19-31(30-46-41(47)34-24-14-15-25-35(34)42(46)48)39(37)50-40-36(26-18-28-38(40)45)44(49-51-43(2,3)4,32-20-10-8-11-21-32)33-22-12-9-13-23-33/h8-15,17-28H,5-7,16,29-30H2,1-4H3. The van der Waals surface area contributed by atoms with Gasteiger partial charge in [0.25, 0.3) is 11.8 Å². The molecule has 5 nitrogen and oxygen atoms in total. The van der Waals surface area contributed by atoms with Gasteiger partial charge < -0.3 is 9.33 Å². The van der Waals surface area contributed by atoms with E-state index in [-0.39, 0.29) is 33.2 Å². The Morgan fingerprint density at radius 1 is 0.627 bits per heavy atom. The number of anilines is 2. The molecular weight excluding hydrogens is 665 g/mol. The smallest absolute Gasteiger partial charge is 0.261 e. The Balaban J connectivity index is 1.41. The first-order valence-electron chi connectivity index (χ1n) is 17.9. The van der Waals surface area contributed by atoms with E-state index >= 15 is 0 Å². The molecule has 0 bridgehead atoms. The van der Waals surface area contributed by atoms with Crippen molar-refractivity contribution in [3.63, 3.8) is 0 Å². The van der Waals surface area contributed by atoms with Gasteiger partial charge in [-0.2, -0.15) is 0 Å². The highest BCUT2D eigenvalue weighted by atomic mass is 32.2. The molecule has 5 aromatic carbocycles. The van der Waals surface area contributed by atoms with Crippen LogP contribution in [0.4, 0.5) is 11.4 Å². The molecule has 2 radical (unpaired) electrons. The number of imide groups is 1. The summed E-state index contributed by atoms with van der Waals surface area (Å²) >= 11 is 1.73. The quantitative estimate of drug-likeness (QED) is 0.0559. The molecule has 0 saturated carbocycles. The molecule has 0 aromatic heterocycles. The number of unbranched alkanes of at least 4 members (excludes halogenated alkanes) is 3. The van der Waals surface area contributed by atoms with Gasteiger partial charge in [0.15, 0.2) is 0 Å². The zero-order valence-electron chi connectivity index (χ0n) is 29.8. The van der Waals surface area contributed by atoms with E-state index in [0.29, 0.717) is 11.1 Å². The predicted octanol–water partition coefficient (Wildman–Crippen LogP) is 10.8. The number of nitrogens with zero attached hydrogens (tertiary/aromatic N) is 2. The summed E-state index contributed by atoms with van der Waals surface area (Å²) in [5.41, 5.74) is 6.48. The Kier molecular flexibility index (Phi) is 10.1. The van der Waals surface area contributed by atoms with Crippen LogP contribution in [0, 0.1) is 0 Å². The van der Waals surface area contributed by atoms with Crippen molar-refractivity contribution in [2.75, 3.05) is 11.4 Å². The molecule has 0 spiro atoms. The van der Waals surface area contributed by atoms with E-state index in [2.05, 4.69) is 130 Å². The molecule has 7 rings (SSSR count). The maximum atomic E-state index is 13.6. The number of hydrogen-bond acceptors (Lipinski definition) is 5. The average molecular weight is 709 g/mol. The van der Waals surface area contributed by atoms with Crippen molar-refractivity contribution in [2.45, 2.75) is 80.4 Å². The zero-order valence-corrected chi connectivity index (χ0v) is 31.6. The van der Waals surface area contributed by atoms with Crippen molar-refractivity contribution in [1.29, 1.82) is 0 Å². The Bertz CT molecular complexity index is 1970. The first-order valence-corrected chi connectivity index (χ1v) is 19.7. The van der Waals surface area contributed by atoms with Crippen LogP contribution in [0.3, 0.4) is 0 Å². The minimum absolute atomic E-state index is 0.0613. The third-order valence-corrected chi connectivity index (χ3v) is 11.9. The Morgan fingerprint density at radius 3 is 1.78 bits per heavy atom. The first-order chi connectivity index (χ1) is 24.7. The van der Waals surface area contributed by atoms with Crippen LogP contribution in [0.15, 0.2) is 131 Å². The predicted molar refractivity (Wildman–Crippen MR) is 208 cm³/mol. The molecule has 0 atom stereocenters. The van der Waals surface area contributed by atoms with E-state index in [0.717, 1.165) is 62.8 Å². The van der Waals surface area contributed by atoms with Gasteiger partial charge >= 0.3 is 0 Å². The summed E-state index contributed by atoms with van der Waals surface area (Å²) in [6.45, 7) is 9.97. The summed E-state index contributed by atoms with van der Waals surface area (Å²) in [7, 11) is 0.215. The topological polar surface area (TPSA) is 49.9 Å². The van der Waals surface area contributed by atoms with Crippen molar-refractivity contribution in [3.8, 4) is 0 Å². The Hall–Kier alpha value is -4.43. The van der Waals surface area contributed by atoms with Gasteiger partial charge in [-0.15, -0.1) is 0 Å². The van der Waals surface area contributed by atoms with Gasteiger partial charge in [-0.1, -0.05) is 156 Å². The number of fused-ring (bicyclic) bond motifs is 3. The van der Waals surface area contributed by atoms with Crippen molar-refractivity contribution in [1.82, 2.24) is 4.90 Å². The normalized spacial score (nSPS) is 14.0. The summed E-state index contributed by atoms with van der Waals surface area (Å²) in [6.07, 6.45) is 4.55. The fourth-order valence-electron chi connectivity index (χ4n) is 7.10. The molecule has 2 aliphatic rings. The lowest BCUT2D eigenvalue weighted by atomic mass is 9.80. The maximum absolute atomic E-state index is 13.6. The van der Waals surface area contributed by atoms with Crippen LogP contribution in [0.2, 0.25) is 5.04 Å². The van der Waals surface area contributed by atoms with Crippen molar-refractivity contribution >= 4 is 44.7 Å². The zero-order chi connectivity index (χ0) is 35.6. The Labute approximate surface area is 309 Å². The van der Waals surface area contributed by atoms with E-state index in [4.69, 9.17) is 4.43 Å². The second kappa shape index (κ2) is 14.7. The molecule has 0 N–H and O–H groups in total. The van der Waals surface area contributed by atoms with E-state index in [1.54, 1.807) is 23.9 Å². The molecule has 0 unspecified atom stereocenters. The minimum Gasteiger partial charge on any atom is -0.400 e. The molecule has 258 valence electrons. The largest absolute Gasteiger partial charge is 0.400 e. The highest BCUT2D eigenvalue weighted by Crippen LogP contribution is 2.55. The molecule has 2 heterocycles. The number of hydrogen-bond donors (Lipinski definition) is 0. The minimum atomic E-state index is -0.893. The number of rotatable bonds is 12. The molecule has 0 aliphatic carbocycles. The highest BCUT2D eigenvalue weighted by Gasteiger charge is 2.43. The molecule has 2 amide bonds. The summed E-state index contributed by atoms with van der Waals surface area (Å²) in [6, 6.07) is 41.3. The second-order valence-electron chi connectivity index (χ2n) is 14.3. The lowest BCUT2D eigenvalue weighted by Gasteiger charge is -2.42. The van der Waals surface area contributed by atoms with Crippen LogP contribution in [0.1, 0.15) is 96.3 Å². The molecule has 5 aromatic rings. The summed E-state index contributed by atoms with van der Waals surface area (Å²) in [5, 5.41) is -0.0613. The van der Waals surface area contributed by atoms with E-state index in [9.17, 15) is 9.59 Å². The number of amides is 2. The van der Waals surface area contributed by atoms with Crippen LogP contribution in [0.25, 0.3) is 0 Å². The van der Waals surface area contributed by atoms with Crippen LogP contribution < -0.4 is 4.90 Å². The van der Waals surface area contributed by atoms with E-state index in [1.165, 1.54) is 17.7 Å². The molecule has 0 saturated heterocycles. The summed E-state index contributed by atoms with van der Waals surface area (Å²) in [4.78, 5) is 33.2. The molecule has 0 fully saturated rings. The third kappa shape index (κ3) is 6.71. The summed E-state index contributed by atoms with van der Waals surface area (Å²) in [5.74, 6) is -0.481.